The van der Waals surface area contributed by atoms with Crippen LogP contribution in [0.15, 0.2) is 54.6 Å². The summed E-state index contributed by atoms with van der Waals surface area (Å²) in [5.41, 5.74) is 4.84. The highest BCUT2D eigenvalue weighted by atomic mass is 16.5. The number of carbonyl (C=O) groups excluding carboxylic acids is 2. The van der Waals surface area contributed by atoms with Crippen molar-refractivity contribution < 1.29 is 14.3 Å². The summed E-state index contributed by atoms with van der Waals surface area (Å²) >= 11 is 0. The summed E-state index contributed by atoms with van der Waals surface area (Å²) in [4.78, 5) is 27.2. The molecule has 0 saturated carbocycles. The summed E-state index contributed by atoms with van der Waals surface area (Å²) in [7, 11) is 1.95. The second kappa shape index (κ2) is 10.3. The van der Waals surface area contributed by atoms with Crippen LogP contribution in [-0.4, -0.2) is 46.2 Å². The van der Waals surface area contributed by atoms with Crippen molar-refractivity contribution >= 4 is 11.8 Å². The molecular formula is C26H30N4O3. The van der Waals surface area contributed by atoms with Gasteiger partial charge in [0.15, 0.2) is 0 Å². The van der Waals surface area contributed by atoms with E-state index >= 15 is 0 Å². The number of nitrogens with zero attached hydrogens (tertiary/aromatic N) is 3. The lowest BCUT2D eigenvalue weighted by Crippen LogP contribution is -2.37. The summed E-state index contributed by atoms with van der Waals surface area (Å²) in [6, 6.07) is 16.9. The summed E-state index contributed by atoms with van der Waals surface area (Å²) in [5.74, 6) is 0.834. The molecular weight excluding hydrogens is 416 g/mol. The highest BCUT2D eigenvalue weighted by Gasteiger charge is 2.26. The predicted octanol–water partition coefficient (Wildman–Crippen LogP) is 2.92. The number of hydrogen-bond acceptors (Lipinski definition) is 4. The Labute approximate surface area is 194 Å². The average molecular weight is 447 g/mol. The van der Waals surface area contributed by atoms with E-state index in [1.165, 1.54) is 5.69 Å². The van der Waals surface area contributed by atoms with E-state index in [0.717, 1.165) is 29.0 Å². The molecule has 2 amide bonds. The second-order valence-corrected chi connectivity index (χ2v) is 8.19. The van der Waals surface area contributed by atoms with Crippen LogP contribution in [-0.2, 0) is 37.6 Å². The molecule has 33 heavy (non-hydrogen) atoms. The third-order valence-electron chi connectivity index (χ3n) is 5.95. The van der Waals surface area contributed by atoms with Crippen LogP contribution in [0.25, 0.3) is 0 Å². The normalized spacial score (nSPS) is 12.8. The van der Waals surface area contributed by atoms with Crippen molar-refractivity contribution in [2.45, 2.75) is 32.7 Å². The Morgan fingerprint density at radius 3 is 2.58 bits per heavy atom. The van der Waals surface area contributed by atoms with Gasteiger partial charge in [-0.1, -0.05) is 30.3 Å². The second-order valence-electron chi connectivity index (χ2n) is 8.19. The Kier molecular flexibility index (Phi) is 7.07. The van der Waals surface area contributed by atoms with Crippen molar-refractivity contribution in [3.8, 4) is 5.75 Å². The number of hydrogen-bond donors (Lipinski definition) is 1. The molecule has 1 aliphatic rings. The van der Waals surface area contributed by atoms with Crippen molar-refractivity contribution in [3.63, 3.8) is 0 Å². The van der Waals surface area contributed by atoms with E-state index in [1.54, 1.807) is 12.1 Å². The minimum atomic E-state index is -0.0902. The van der Waals surface area contributed by atoms with E-state index in [9.17, 15) is 9.59 Å². The number of benzene rings is 2. The van der Waals surface area contributed by atoms with Gasteiger partial charge in [-0.2, -0.15) is 5.10 Å². The van der Waals surface area contributed by atoms with Gasteiger partial charge in [0, 0.05) is 56.3 Å². The summed E-state index contributed by atoms with van der Waals surface area (Å²) in [6.45, 7) is 4.31. The summed E-state index contributed by atoms with van der Waals surface area (Å²) in [6.07, 6.45) is 1.78. The summed E-state index contributed by atoms with van der Waals surface area (Å²) < 4.78 is 7.39. The van der Waals surface area contributed by atoms with Crippen LogP contribution in [0.3, 0.4) is 0 Å². The molecule has 7 heteroatoms. The average Bonchev–Trinajstić information content (AvgIpc) is 3.15. The molecule has 0 fully saturated rings. The van der Waals surface area contributed by atoms with E-state index in [4.69, 9.17) is 4.74 Å². The first-order valence-electron chi connectivity index (χ1n) is 11.4. The van der Waals surface area contributed by atoms with Gasteiger partial charge in [0.1, 0.15) is 5.75 Å². The summed E-state index contributed by atoms with van der Waals surface area (Å²) in [5, 5.41) is 7.64. The predicted molar refractivity (Wildman–Crippen MR) is 126 cm³/mol. The molecule has 0 saturated heterocycles. The number of aromatic nitrogens is 2. The Bertz CT molecular complexity index is 1110. The Hall–Kier alpha value is -3.61. The first-order valence-corrected chi connectivity index (χ1v) is 11.4. The smallest absolute Gasteiger partial charge is 0.251 e. The number of ether oxygens (including phenoxy) is 1. The molecule has 0 atom stereocenters. The third-order valence-corrected chi connectivity index (χ3v) is 5.95. The standard InChI is InChI=1S/C26H30N4O3/c1-3-33-21-11-9-19(10-12-21)17-25(31)30-16-14-24-22(18-30)23(28-29(24)2)13-15-27-26(32)20-7-5-4-6-8-20/h4-12H,3,13-18H2,1-2H3,(H,27,32). The molecule has 0 spiro atoms. The number of aryl methyl sites for hydroxylation is 1. The third kappa shape index (κ3) is 5.42. The van der Waals surface area contributed by atoms with Crippen LogP contribution in [0.4, 0.5) is 0 Å². The molecule has 7 nitrogen and oxygen atoms in total. The van der Waals surface area contributed by atoms with Gasteiger partial charge in [0.05, 0.1) is 18.7 Å². The van der Waals surface area contributed by atoms with Gasteiger partial charge in [-0.15, -0.1) is 0 Å². The van der Waals surface area contributed by atoms with E-state index in [0.29, 0.717) is 44.6 Å². The molecule has 0 bridgehead atoms. The van der Waals surface area contributed by atoms with E-state index in [1.807, 2.05) is 66.0 Å². The minimum Gasteiger partial charge on any atom is -0.494 e. The molecule has 3 aromatic rings. The van der Waals surface area contributed by atoms with Crippen LogP contribution in [0.2, 0.25) is 0 Å². The van der Waals surface area contributed by atoms with Crippen molar-refractivity contribution in [1.29, 1.82) is 0 Å². The van der Waals surface area contributed by atoms with Gasteiger partial charge in [0.25, 0.3) is 5.91 Å². The monoisotopic (exact) mass is 446 g/mol. The van der Waals surface area contributed by atoms with Crippen molar-refractivity contribution in [1.82, 2.24) is 20.0 Å². The van der Waals surface area contributed by atoms with Gasteiger partial charge in [-0.25, -0.2) is 0 Å². The molecule has 1 aliphatic heterocycles. The molecule has 0 radical (unpaired) electrons. The zero-order valence-electron chi connectivity index (χ0n) is 19.2. The number of rotatable bonds is 8. The Morgan fingerprint density at radius 2 is 1.85 bits per heavy atom. The van der Waals surface area contributed by atoms with Crippen LogP contribution in [0, 0.1) is 0 Å². The quantitative estimate of drug-likeness (QED) is 0.577. The minimum absolute atomic E-state index is 0.0902. The molecule has 0 unspecified atom stereocenters. The van der Waals surface area contributed by atoms with Crippen LogP contribution in [0.5, 0.6) is 5.75 Å². The first-order chi connectivity index (χ1) is 16.0. The topological polar surface area (TPSA) is 76.5 Å². The fourth-order valence-corrected chi connectivity index (χ4v) is 4.23. The van der Waals surface area contributed by atoms with E-state index in [2.05, 4.69) is 10.4 Å². The molecule has 2 aromatic carbocycles. The number of fused-ring (bicyclic) bond motifs is 1. The number of carbonyl (C=O) groups is 2. The largest absolute Gasteiger partial charge is 0.494 e. The highest BCUT2D eigenvalue weighted by Crippen LogP contribution is 2.23. The molecule has 0 aliphatic carbocycles. The van der Waals surface area contributed by atoms with Crippen molar-refractivity contribution in [2.24, 2.45) is 7.05 Å². The SMILES string of the molecule is CCOc1ccc(CC(=O)N2CCc3c(c(CCNC(=O)c4ccccc4)nn3C)C2)cc1. The number of amides is 2. The van der Waals surface area contributed by atoms with Gasteiger partial charge < -0.3 is 15.0 Å². The molecule has 1 aromatic heterocycles. The van der Waals surface area contributed by atoms with Gasteiger partial charge >= 0.3 is 0 Å². The lowest BCUT2D eigenvalue weighted by molar-refractivity contribution is -0.131. The zero-order valence-corrected chi connectivity index (χ0v) is 19.2. The maximum absolute atomic E-state index is 13.0. The van der Waals surface area contributed by atoms with E-state index < -0.39 is 0 Å². The molecule has 172 valence electrons. The van der Waals surface area contributed by atoms with Gasteiger partial charge in [0.2, 0.25) is 5.91 Å². The highest BCUT2D eigenvalue weighted by molar-refractivity contribution is 5.94. The van der Waals surface area contributed by atoms with Gasteiger partial charge in [-0.05, 0) is 36.8 Å². The van der Waals surface area contributed by atoms with Crippen LogP contribution in [0.1, 0.15) is 39.8 Å². The fraction of sp³-hybridized carbons (Fsp3) is 0.346. The molecule has 1 N–H and O–H groups in total. The number of nitrogens with one attached hydrogen (secondary N) is 1. The first kappa shape index (κ1) is 22.6. The maximum atomic E-state index is 13.0. The Morgan fingerprint density at radius 1 is 1.09 bits per heavy atom. The zero-order chi connectivity index (χ0) is 23.2. The van der Waals surface area contributed by atoms with Crippen LogP contribution < -0.4 is 10.1 Å². The van der Waals surface area contributed by atoms with Crippen molar-refractivity contribution in [3.05, 3.63) is 82.7 Å². The maximum Gasteiger partial charge on any atom is 0.251 e. The van der Waals surface area contributed by atoms with Crippen LogP contribution >= 0.6 is 0 Å². The van der Waals surface area contributed by atoms with Gasteiger partial charge in [-0.3, -0.25) is 14.3 Å². The molecule has 2 heterocycles. The van der Waals surface area contributed by atoms with Crippen molar-refractivity contribution in [2.75, 3.05) is 19.7 Å². The lowest BCUT2D eigenvalue weighted by Gasteiger charge is -2.28. The fourth-order valence-electron chi connectivity index (χ4n) is 4.23. The lowest BCUT2D eigenvalue weighted by atomic mass is 10.0. The molecule has 4 rings (SSSR count). The Balaban J connectivity index is 1.36. The van der Waals surface area contributed by atoms with E-state index in [-0.39, 0.29) is 11.8 Å².